The number of halogens is 1. The van der Waals surface area contributed by atoms with Crippen molar-refractivity contribution in [2.24, 2.45) is 5.92 Å². The minimum atomic E-state index is -0.250. The Morgan fingerprint density at radius 1 is 1.09 bits per heavy atom. The quantitative estimate of drug-likeness (QED) is 0.480. The SMILES string of the molecule is C=Cc1cc2c(c(-c3ccc(F)cc3C)c1)CCN([C@H](c1cc(C)ccn1)C1CC1)C2=O. The fourth-order valence-electron chi connectivity index (χ4n) is 4.98. The van der Waals surface area contributed by atoms with E-state index < -0.39 is 0 Å². The highest BCUT2D eigenvalue weighted by atomic mass is 19.1. The molecule has 0 N–H and O–H groups in total. The molecule has 3 aromatic rings. The van der Waals surface area contributed by atoms with Crippen LogP contribution in [0.2, 0.25) is 0 Å². The number of fused-ring (bicyclic) bond motifs is 1. The molecule has 1 aliphatic heterocycles. The van der Waals surface area contributed by atoms with E-state index in [0.29, 0.717) is 12.5 Å². The molecule has 162 valence electrons. The molecule has 2 heterocycles. The summed E-state index contributed by atoms with van der Waals surface area (Å²) < 4.78 is 13.7. The first-order chi connectivity index (χ1) is 15.5. The van der Waals surface area contributed by atoms with Crippen LogP contribution in [-0.4, -0.2) is 22.3 Å². The first-order valence-electron chi connectivity index (χ1n) is 11.3. The van der Waals surface area contributed by atoms with Gasteiger partial charge in [-0.1, -0.05) is 18.7 Å². The number of pyridine rings is 1. The number of nitrogens with zero attached hydrogens (tertiary/aromatic N) is 2. The van der Waals surface area contributed by atoms with E-state index in [0.717, 1.165) is 63.9 Å². The molecule has 1 aliphatic carbocycles. The van der Waals surface area contributed by atoms with E-state index in [1.165, 1.54) is 6.07 Å². The van der Waals surface area contributed by atoms with Gasteiger partial charge in [-0.15, -0.1) is 0 Å². The van der Waals surface area contributed by atoms with Gasteiger partial charge in [0, 0.05) is 18.3 Å². The predicted octanol–water partition coefficient (Wildman–Crippen LogP) is 6.30. The van der Waals surface area contributed by atoms with Crippen molar-refractivity contribution < 1.29 is 9.18 Å². The molecule has 4 heteroatoms. The van der Waals surface area contributed by atoms with Crippen LogP contribution in [0, 0.1) is 25.6 Å². The lowest BCUT2D eigenvalue weighted by atomic mass is 9.86. The third-order valence-corrected chi connectivity index (χ3v) is 6.72. The van der Waals surface area contributed by atoms with Crippen LogP contribution >= 0.6 is 0 Å². The Morgan fingerprint density at radius 3 is 2.56 bits per heavy atom. The molecule has 1 saturated carbocycles. The number of aromatic nitrogens is 1. The van der Waals surface area contributed by atoms with Gasteiger partial charge >= 0.3 is 0 Å². The second kappa shape index (κ2) is 8.01. The maximum absolute atomic E-state index is 13.8. The van der Waals surface area contributed by atoms with Crippen LogP contribution in [0.3, 0.4) is 0 Å². The topological polar surface area (TPSA) is 33.2 Å². The van der Waals surface area contributed by atoms with Crippen molar-refractivity contribution in [1.29, 1.82) is 0 Å². The number of benzene rings is 2. The van der Waals surface area contributed by atoms with Gasteiger partial charge in [0.2, 0.25) is 0 Å². The Hall–Kier alpha value is -3.27. The van der Waals surface area contributed by atoms with Gasteiger partial charge in [-0.2, -0.15) is 0 Å². The minimum Gasteiger partial charge on any atom is -0.329 e. The zero-order valence-corrected chi connectivity index (χ0v) is 18.6. The zero-order chi connectivity index (χ0) is 22.4. The van der Waals surface area contributed by atoms with Gasteiger partial charge in [-0.05, 0) is 109 Å². The van der Waals surface area contributed by atoms with Crippen LogP contribution in [0.25, 0.3) is 17.2 Å². The summed E-state index contributed by atoms with van der Waals surface area (Å²) in [6, 6.07) is 13.0. The summed E-state index contributed by atoms with van der Waals surface area (Å²) >= 11 is 0. The van der Waals surface area contributed by atoms with E-state index in [9.17, 15) is 9.18 Å². The Morgan fingerprint density at radius 2 is 1.88 bits per heavy atom. The summed E-state index contributed by atoms with van der Waals surface area (Å²) in [5.41, 5.74) is 7.64. The van der Waals surface area contributed by atoms with Crippen LogP contribution < -0.4 is 0 Å². The molecule has 5 rings (SSSR count). The summed E-state index contributed by atoms with van der Waals surface area (Å²) in [4.78, 5) is 20.5. The summed E-state index contributed by atoms with van der Waals surface area (Å²) in [6.45, 7) is 8.56. The maximum atomic E-state index is 13.8. The van der Waals surface area contributed by atoms with Crippen molar-refractivity contribution in [1.82, 2.24) is 9.88 Å². The lowest BCUT2D eigenvalue weighted by Gasteiger charge is -2.36. The van der Waals surface area contributed by atoms with Gasteiger partial charge in [-0.3, -0.25) is 9.78 Å². The normalized spacial score (nSPS) is 16.6. The van der Waals surface area contributed by atoms with Crippen LogP contribution in [0.1, 0.15) is 57.2 Å². The third-order valence-electron chi connectivity index (χ3n) is 6.72. The highest BCUT2D eigenvalue weighted by Crippen LogP contribution is 2.46. The number of hydrogen-bond acceptors (Lipinski definition) is 2. The number of rotatable bonds is 5. The monoisotopic (exact) mass is 426 g/mol. The van der Waals surface area contributed by atoms with Crippen molar-refractivity contribution in [2.75, 3.05) is 6.54 Å². The minimum absolute atomic E-state index is 0.0129. The number of carbonyl (C=O) groups excluding carboxylic acids is 1. The van der Waals surface area contributed by atoms with Gasteiger partial charge in [0.25, 0.3) is 5.91 Å². The van der Waals surface area contributed by atoms with E-state index in [1.807, 2.05) is 36.2 Å². The van der Waals surface area contributed by atoms with E-state index in [1.54, 1.807) is 12.1 Å². The van der Waals surface area contributed by atoms with Gasteiger partial charge in [0.1, 0.15) is 5.82 Å². The zero-order valence-electron chi connectivity index (χ0n) is 18.6. The van der Waals surface area contributed by atoms with Crippen molar-refractivity contribution in [3.8, 4) is 11.1 Å². The predicted molar refractivity (Wildman–Crippen MR) is 126 cm³/mol. The summed E-state index contributed by atoms with van der Waals surface area (Å²) in [5.74, 6) is 0.271. The number of aryl methyl sites for hydroxylation is 2. The van der Waals surface area contributed by atoms with Crippen LogP contribution in [0.5, 0.6) is 0 Å². The molecule has 0 spiro atoms. The van der Waals surface area contributed by atoms with Gasteiger partial charge in [-0.25, -0.2) is 4.39 Å². The largest absolute Gasteiger partial charge is 0.329 e. The molecule has 0 unspecified atom stereocenters. The number of hydrogen-bond donors (Lipinski definition) is 0. The standard InChI is InChI=1S/C28H27FN2O/c1-4-19-15-24(22-8-7-21(29)14-18(22)3)23-10-12-31(28(32)25(23)16-19)27(20-5-6-20)26-13-17(2)9-11-30-26/h4,7-9,11,13-16,20,27H,1,5-6,10,12H2,2-3H3/t27-/m0/s1. The molecule has 2 aliphatic rings. The Balaban J connectivity index is 1.60. The molecule has 2 aromatic carbocycles. The second-order valence-corrected chi connectivity index (χ2v) is 9.05. The summed E-state index contributed by atoms with van der Waals surface area (Å²) in [5, 5.41) is 0. The van der Waals surface area contributed by atoms with Gasteiger partial charge in [0.15, 0.2) is 0 Å². The van der Waals surface area contributed by atoms with Gasteiger partial charge in [0.05, 0.1) is 11.7 Å². The lowest BCUT2D eigenvalue weighted by Crippen LogP contribution is -2.41. The molecule has 1 atom stereocenters. The maximum Gasteiger partial charge on any atom is 0.254 e. The van der Waals surface area contributed by atoms with E-state index >= 15 is 0 Å². The van der Waals surface area contributed by atoms with E-state index in [-0.39, 0.29) is 17.8 Å². The van der Waals surface area contributed by atoms with Gasteiger partial charge < -0.3 is 4.90 Å². The fraction of sp³-hybridized carbons (Fsp3) is 0.286. The molecule has 0 saturated heterocycles. The van der Waals surface area contributed by atoms with Crippen molar-refractivity contribution in [3.63, 3.8) is 0 Å². The van der Waals surface area contributed by atoms with Crippen LogP contribution in [-0.2, 0) is 6.42 Å². The average molecular weight is 427 g/mol. The Bertz CT molecular complexity index is 1230. The molecule has 1 amide bonds. The Labute approximate surface area is 188 Å². The van der Waals surface area contributed by atoms with Crippen molar-refractivity contribution in [3.05, 3.63) is 94.6 Å². The highest BCUT2D eigenvalue weighted by molar-refractivity contribution is 6.00. The molecule has 1 fully saturated rings. The number of carbonyl (C=O) groups is 1. The molecule has 32 heavy (non-hydrogen) atoms. The van der Waals surface area contributed by atoms with Crippen LogP contribution in [0.4, 0.5) is 4.39 Å². The second-order valence-electron chi connectivity index (χ2n) is 9.05. The lowest BCUT2D eigenvalue weighted by molar-refractivity contribution is 0.0628. The highest BCUT2D eigenvalue weighted by Gasteiger charge is 2.41. The van der Waals surface area contributed by atoms with E-state index in [4.69, 9.17) is 0 Å². The molecule has 0 bridgehead atoms. The van der Waals surface area contributed by atoms with Crippen molar-refractivity contribution in [2.45, 2.75) is 39.2 Å². The molecule has 0 radical (unpaired) electrons. The molecular formula is C28H27FN2O. The fourth-order valence-corrected chi connectivity index (χ4v) is 4.98. The number of amides is 1. The third kappa shape index (κ3) is 3.64. The first kappa shape index (κ1) is 20.6. The van der Waals surface area contributed by atoms with E-state index in [2.05, 4.69) is 30.6 Å². The molecular weight excluding hydrogens is 399 g/mol. The summed E-state index contributed by atoms with van der Waals surface area (Å²) in [7, 11) is 0. The molecule has 1 aromatic heterocycles. The van der Waals surface area contributed by atoms with Crippen LogP contribution in [0.15, 0.2) is 55.2 Å². The van der Waals surface area contributed by atoms with Crippen molar-refractivity contribution >= 4 is 12.0 Å². The Kier molecular flexibility index (Phi) is 5.16. The average Bonchev–Trinajstić information content (AvgIpc) is 3.60. The molecule has 3 nitrogen and oxygen atoms in total. The summed E-state index contributed by atoms with van der Waals surface area (Å²) in [6.07, 6.45) is 6.63. The first-order valence-corrected chi connectivity index (χ1v) is 11.3. The smallest absolute Gasteiger partial charge is 0.254 e.